The first-order chi connectivity index (χ1) is 9.61. The highest BCUT2D eigenvalue weighted by Gasteiger charge is 2.19. The number of halogens is 1. The molecule has 1 unspecified atom stereocenters. The zero-order valence-corrected chi connectivity index (χ0v) is 12.8. The van der Waals surface area contributed by atoms with Crippen LogP contribution in [0.2, 0.25) is 5.02 Å². The van der Waals surface area contributed by atoms with E-state index < -0.39 is 0 Å². The normalized spacial score (nSPS) is 14.8. The van der Waals surface area contributed by atoms with Crippen molar-refractivity contribution in [1.29, 1.82) is 0 Å². The van der Waals surface area contributed by atoms with Gasteiger partial charge in [-0.15, -0.1) is 0 Å². The summed E-state index contributed by atoms with van der Waals surface area (Å²) >= 11 is 5.89. The van der Waals surface area contributed by atoms with Gasteiger partial charge in [-0.25, -0.2) is 0 Å². The smallest absolute Gasteiger partial charge is 0.138 e. The second kappa shape index (κ2) is 6.91. The van der Waals surface area contributed by atoms with Crippen LogP contribution in [-0.4, -0.2) is 25.9 Å². The van der Waals surface area contributed by atoms with Crippen LogP contribution in [0.3, 0.4) is 0 Å². The van der Waals surface area contributed by atoms with Gasteiger partial charge in [0.1, 0.15) is 5.78 Å². The summed E-state index contributed by atoms with van der Waals surface area (Å²) in [7, 11) is 1.95. The number of ketones is 1. The number of carbonyl (C=O) groups is 1. The molecule has 0 heterocycles. The molecule has 4 heteroatoms. The summed E-state index contributed by atoms with van der Waals surface area (Å²) in [5.41, 5.74) is 3.77. The van der Waals surface area contributed by atoms with Gasteiger partial charge >= 0.3 is 0 Å². The lowest BCUT2D eigenvalue weighted by atomic mass is 9.95. The van der Waals surface area contributed by atoms with E-state index in [1.54, 1.807) is 6.92 Å². The molecule has 3 nitrogen and oxygen atoms in total. The summed E-state index contributed by atoms with van der Waals surface area (Å²) in [5, 5.41) is 7.30. The fourth-order valence-electron chi connectivity index (χ4n) is 2.29. The minimum atomic E-state index is -0.116. The molecule has 1 fully saturated rings. The maximum Gasteiger partial charge on any atom is 0.138 e. The second-order valence-corrected chi connectivity index (χ2v) is 5.61. The topological polar surface area (TPSA) is 41.1 Å². The molecule has 1 aliphatic carbocycles. The number of rotatable bonds is 7. The van der Waals surface area contributed by atoms with Crippen molar-refractivity contribution in [2.75, 3.05) is 20.1 Å². The summed E-state index contributed by atoms with van der Waals surface area (Å²) in [5.74, 6) is 0.0551. The van der Waals surface area contributed by atoms with Gasteiger partial charge < -0.3 is 10.6 Å². The first-order valence-corrected chi connectivity index (χ1v) is 7.35. The van der Waals surface area contributed by atoms with Crippen LogP contribution in [0.1, 0.15) is 31.2 Å². The van der Waals surface area contributed by atoms with Crippen molar-refractivity contribution in [3.05, 3.63) is 46.1 Å². The Morgan fingerprint density at radius 1 is 1.30 bits per heavy atom. The van der Waals surface area contributed by atoms with E-state index in [0.717, 1.165) is 12.1 Å². The van der Waals surface area contributed by atoms with Crippen LogP contribution in [-0.2, 0) is 4.79 Å². The highest BCUT2D eigenvalue weighted by atomic mass is 35.5. The summed E-state index contributed by atoms with van der Waals surface area (Å²) < 4.78 is 0. The quantitative estimate of drug-likeness (QED) is 0.812. The third-order valence-corrected chi connectivity index (χ3v) is 3.89. The van der Waals surface area contributed by atoms with Gasteiger partial charge in [0, 0.05) is 30.9 Å². The highest BCUT2D eigenvalue weighted by molar-refractivity contribution is 6.30. The van der Waals surface area contributed by atoms with Crippen LogP contribution in [0.25, 0.3) is 0 Å². The lowest BCUT2D eigenvalue weighted by molar-refractivity contribution is -0.118. The predicted molar refractivity (Wildman–Crippen MR) is 83.1 cm³/mol. The molecule has 0 aliphatic heterocycles. The first kappa shape index (κ1) is 15.1. The third kappa shape index (κ3) is 4.09. The summed E-state index contributed by atoms with van der Waals surface area (Å²) in [6, 6.07) is 7.51. The van der Waals surface area contributed by atoms with Crippen molar-refractivity contribution in [2.24, 2.45) is 0 Å². The Bertz CT molecular complexity index is 502. The van der Waals surface area contributed by atoms with Gasteiger partial charge in [-0.3, -0.25) is 4.79 Å². The SMILES string of the molecule is CNC(CNCC(C(C)=O)c1ccc(Cl)cc1)=C1CC1. The zero-order valence-electron chi connectivity index (χ0n) is 12.0. The molecule has 0 spiro atoms. The Labute approximate surface area is 125 Å². The lowest BCUT2D eigenvalue weighted by Gasteiger charge is -2.16. The number of carbonyl (C=O) groups excluding carboxylic acids is 1. The standard InChI is InChI=1S/C16H21ClN2O/c1-11(20)15(12-5-7-14(17)8-6-12)9-19-10-16(18-2)13-3-4-13/h5-8,15,18-19H,3-4,9-10H2,1-2H3. The zero-order chi connectivity index (χ0) is 14.5. The van der Waals surface area contributed by atoms with Crippen LogP contribution >= 0.6 is 11.6 Å². The Morgan fingerprint density at radius 2 is 1.95 bits per heavy atom. The number of nitrogens with one attached hydrogen (secondary N) is 2. The predicted octanol–water partition coefficient (Wildman–Crippen LogP) is 2.87. The Morgan fingerprint density at radius 3 is 2.45 bits per heavy atom. The van der Waals surface area contributed by atoms with Crippen LogP contribution in [0.4, 0.5) is 0 Å². The fraction of sp³-hybridized carbons (Fsp3) is 0.438. The molecular weight excluding hydrogens is 272 g/mol. The molecule has 0 bridgehead atoms. The van der Waals surface area contributed by atoms with Crippen LogP contribution in [0.5, 0.6) is 0 Å². The molecule has 2 N–H and O–H groups in total. The Kier molecular flexibility index (Phi) is 5.21. The minimum Gasteiger partial charge on any atom is -0.390 e. The van der Waals surface area contributed by atoms with Gasteiger partial charge in [0.25, 0.3) is 0 Å². The molecule has 0 aromatic heterocycles. The molecule has 1 aromatic rings. The Hall–Kier alpha value is -1.32. The first-order valence-electron chi connectivity index (χ1n) is 6.97. The number of hydrogen-bond donors (Lipinski definition) is 2. The van der Waals surface area contributed by atoms with Gasteiger partial charge in [-0.1, -0.05) is 23.7 Å². The largest absolute Gasteiger partial charge is 0.390 e. The molecular formula is C16H21ClN2O. The second-order valence-electron chi connectivity index (χ2n) is 5.18. The van der Waals surface area contributed by atoms with Gasteiger partial charge in [-0.2, -0.15) is 0 Å². The van der Waals surface area contributed by atoms with Crippen molar-refractivity contribution >= 4 is 17.4 Å². The van der Waals surface area contributed by atoms with Gasteiger partial charge in [0.05, 0.1) is 5.92 Å². The Balaban J connectivity index is 1.94. The van der Waals surface area contributed by atoms with E-state index in [1.165, 1.54) is 24.1 Å². The molecule has 2 rings (SSSR count). The summed E-state index contributed by atoms with van der Waals surface area (Å²) in [6.45, 7) is 3.08. The maximum absolute atomic E-state index is 11.8. The van der Waals surface area contributed by atoms with Crippen LogP contribution in [0, 0.1) is 0 Å². The average molecular weight is 293 g/mol. The van der Waals surface area contributed by atoms with E-state index in [-0.39, 0.29) is 11.7 Å². The molecule has 1 saturated carbocycles. The average Bonchev–Trinajstić information content (AvgIpc) is 3.24. The van der Waals surface area contributed by atoms with E-state index >= 15 is 0 Å². The maximum atomic E-state index is 11.8. The van der Waals surface area contributed by atoms with Gasteiger partial charge in [-0.05, 0) is 43.0 Å². The molecule has 0 radical (unpaired) electrons. The van der Waals surface area contributed by atoms with Crippen LogP contribution < -0.4 is 10.6 Å². The van der Waals surface area contributed by atoms with Crippen molar-refractivity contribution in [3.8, 4) is 0 Å². The lowest BCUT2D eigenvalue weighted by Crippen LogP contribution is -2.30. The van der Waals surface area contributed by atoms with E-state index in [9.17, 15) is 4.79 Å². The van der Waals surface area contributed by atoms with Gasteiger partial charge in [0.2, 0.25) is 0 Å². The van der Waals surface area contributed by atoms with E-state index in [2.05, 4.69) is 10.6 Å². The monoisotopic (exact) mass is 292 g/mol. The van der Waals surface area contributed by atoms with Crippen LogP contribution in [0.15, 0.2) is 35.5 Å². The van der Waals surface area contributed by atoms with E-state index in [4.69, 9.17) is 11.6 Å². The third-order valence-electron chi connectivity index (χ3n) is 3.64. The molecule has 1 aromatic carbocycles. The minimum absolute atomic E-state index is 0.116. The fourth-order valence-corrected chi connectivity index (χ4v) is 2.41. The molecule has 20 heavy (non-hydrogen) atoms. The van der Waals surface area contributed by atoms with Crippen molar-refractivity contribution < 1.29 is 4.79 Å². The molecule has 0 amide bonds. The van der Waals surface area contributed by atoms with E-state index in [0.29, 0.717) is 11.6 Å². The number of likely N-dealkylation sites (N-methyl/N-ethyl adjacent to an activating group) is 1. The van der Waals surface area contributed by atoms with E-state index in [1.807, 2.05) is 31.3 Å². The number of Topliss-reactive ketones (excluding diaryl/α,β-unsaturated/α-hetero) is 1. The van der Waals surface area contributed by atoms with Crippen molar-refractivity contribution in [2.45, 2.75) is 25.7 Å². The van der Waals surface area contributed by atoms with Gasteiger partial charge in [0.15, 0.2) is 0 Å². The number of allylic oxidation sites excluding steroid dienone is 1. The summed E-state index contributed by atoms with van der Waals surface area (Å²) in [4.78, 5) is 11.8. The molecule has 1 aliphatic rings. The molecule has 1 atom stereocenters. The molecule has 0 saturated heterocycles. The highest BCUT2D eigenvalue weighted by Crippen LogP contribution is 2.30. The summed E-state index contributed by atoms with van der Waals surface area (Å²) in [6.07, 6.45) is 2.40. The number of hydrogen-bond acceptors (Lipinski definition) is 3. The molecule has 108 valence electrons. The number of benzene rings is 1. The van der Waals surface area contributed by atoms with Crippen molar-refractivity contribution in [1.82, 2.24) is 10.6 Å². The van der Waals surface area contributed by atoms with Crippen molar-refractivity contribution in [3.63, 3.8) is 0 Å².